The van der Waals surface area contributed by atoms with Crippen LogP contribution in [0.2, 0.25) is 0 Å². The number of methoxy groups -OCH3 is 1. The Labute approximate surface area is 131 Å². The Bertz CT molecular complexity index is 490. The number of sulfonamides is 1. The van der Waals surface area contributed by atoms with Gasteiger partial charge in [-0.2, -0.15) is 0 Å². The van der Waals surface area contributed by atoms with Crippen molar-refractivity contribution in [1.82, 2.24) is 4.72 Å². The number of esters is 1. The molecule has 1 saturated carbocycles. The van der Waals surface area contributed by atoms with Crippen LogP contribution < -0.4 is 4.72 Å². The SMILES string of the molecule is CCCCC(NS(=O)(=O)C1CCCCC1C(=O)OC)C(=O)O. The summed E-state index contributed by atoms with van der Waals surface area (Å²) >= 11 is 0. The van der Waals surface area contributed by atoms with Gasteiger partial charge < -0.3 is 9.84 Å². The van der Waals surface area contributed by atoms with Gasteiger partial charge in [0.05, 0.1) is 18.3 Å². The van der Waals surface area contributed by atoms with Gasteiger partial charge in [-0.25, -0.2) is 13.1 Å². The highest BCUT2D eigenvalue weighted by molar-refractivity contribution is 7.90. The number of nitrogens with one attached hydrogen (secondary N) is 1. The topological polar surface area (TPSA) is 110 Å². The van der Waals surface area contributed by atoms with E-state index in [9.17, 15) is 18.0 Å². The normalized spacial score (nSPS) is 23.7. The van der Waals surface area contributed by atoms with Crippen molar-refractivity contribution in [1.29, 1.82) is 0 Å². The van der Waals surface area contributed by atoms with Crippen molar-refractivity contribution in [3.8, 4) is 0 Å². The number of ether oxygens (including phenoxy) is 1. The van der Waals surface area contributed by atoms with Crippen LogP contribution in [0.4, 0.5) is 0 Å². The Balaban J connectivity index is 2.89. The van der Waals surface area contributed by atoms with Gasteiger partial charge in [0.15, 0.2) is 0 Å². The molecule has 0 radical (unpaired) electrons. The Kier molecular flexibility index (Phi) is 7.28. The molecule has 3 unspecified atom stereocenters. The average Bonchev–Trinajstić information content (AvgIpc) is 2.50. The molecule has 3 atom stereocenters. The lowest BCUT2D eigenvalue weighted by atomic mass is 9.89. The largest absolute Gasteiger partial charge is 0.480 e. The number of hydrogen-bond acceptors (Lipinski definition) is 5. The monoisotopic (exact) mass is 335 g/mol. The van der Waals surface area contributed by atoms with Crippen LogP contribution in [0.25, 0.3) is 0 Å². The Morgan fingerprint density at radius 1 is 1.32 bits per heavy atom. The molecule has 1 fully saturated rings. The molecule has 0 spiro atoms. The van der Waals surface area contributed by atoms with E-state index >= 15 is 0 Å². The van der Waals surface area contributed by atoms with Crippen molar-refractivity contribution in [3.05, 3.63) is 0 Å². The lowest BCUT2D eigenvalue weighted by molar-refractivity contribution is -0.146. The highest BCUT2D eigenvalue weighted by atomic mass is 32.2. The molecule has 0 aromatic carbocycles. The van der Waals surface area contributed by atoms with Crippen LogP contribution in [0.1, 0.15) is 51.9 Å². The predicted molar refractivity (Wildman–Crippen MR) is 80.8 cm³/mol. The quantitative estimate of drug-likeness (QED) is 0.647. The molecule has 128 valence electrons. The lowest BCUT2D eigenvalue weighted by Crippen LogP contribution is -2.49. The van der Waals surface area contributed by atoms with Gasteiger partial charge in [0.1, 0.15) is 6.04 Å². The van der Waals surface area contributed by atoms with Crippen LogP contribution in [0.15, 0.2) is 0 Å². The van der Waals surface area contributed by atoms with E-state index in [4.69, 9.17) is 5.11 Å². The first-order valence-corrected chi connectivity index (χ1v) is 9.19. The van der Waals surface area contributed by atoms with Gasteiger partial charge in [0, 0.05) is 0 Å². The maximum Gasteiger partial charge on any atom is 0.321 e. The number of carbonyl (C=O) groups is 2. The summed E-state index contributed by atoms with van der Waals surface area (Å²) in [5.74, 6) is -2.46. The van der Waals surface area contributed by atoms with Crippen molar-refractivity contribution in [2.24, 2.45) is 5.92 Å². The zero-order chi connectivity index (χ0) is 16.8. The molecule has 1 aliphatic rings. The maximum absolute atomic E-state index is 12.5. The predicted octanol–water partition coefficient (Wildman–Crippen LogP) is 1.28. The Hall–Kier alpha value is -1.15. The summed E-state index contributed by atoms with van der Waals surface area (Å²) in [5, 5.41) is 8.24. The molecular formula is C14H25NO6S. The summed E-state index contributed by atoms with van der Waals surface area (Å²) in [6, 6.07) is -1.15. The van der Waals surface area contributed by atoms with Crippen LogP contribution in [-0.4, -0.2) is 43.9 Å². The van der Waals surface area contributed by atoms with Gasteiger partial charge in [0.2, 0.25) is 10.0 Å². The van der Waals surface area contributed by atoms with Gasteiger partial charge in [0.25, 0.3) is 0 Å². The third-order valence-electron chi connectivity index (χ3n) is 4.06. The van der Waals surface area contributed by atoms with E-state index in [0.29, 0.717) is 25.7 Å². The van der Waals surface area contributed by atoms with Gasteiger partial charge >= 0.3 is 11.9 Å². The van der Waals surface area contributed by atoms with Crippen LogP contribution in [0.5, 0.6) is 0 Å². The summed E-state index contributed by atoms with van der Waals surface area (Å²) in [7, 11) is -2.66. The van der Waals surface area contributed by atoms with Crippen LogP contribution in [-0.2, 0) is 24.3 Å². The van der Waals surface area contributed by atoms with Crippen molar-refractivity contribution in [2.45, 2.75) is 63.2 Å². The first-order valence-electron chi connectivity index (χ1n) is 7.65. The van der Waals surface area contributed by atoms with Crippen molar-refractivity contribution in [2.75, 3.05) is 7.11 Å². The van der Waals surface area contributed by atoms with E-state index < -0.39 is 39.2 Å². The molecule has 1 aliphatic carbocycles. The highest BCUT2D eigenvalue weighted by Gasteiger charge is 2.41. The zero-order valence-corrected chi connectivity index (χ0v) is 13.9. The van der Waals surface area contributed by atoms with Crippen molar-refractivity contribution in [3.63, 3.8) is 0 Å². The van der Waals surface area contributed by atoms with Crippen LogP contribution in [0, 0.1) is 5.92 Å². The molecular weight excluding hydrogens is 310 g/mol. The van der Waals surface area contributed by atoms with Crippen LogP contribution in [0.3, 0.4) is 0 Å². The average molecular weight is 335 g/mol. The number of hydrogen-bond donors (Lipinski definition) is 2. The first-order chi connectivity index (χ1) is 10.3. The molecule has 0 bridgehead atoms. The van der Waals surface area contributed by atoms with E-state index in [1.165, 1.54) is 7.11 Å². The van der Waals surface area contributed by atoms with Gasteiger partial charge in [-0.1, -0.05) is 32.6 Å². The third kappa shape index (κ3) is 4.95. The van der Waals surface area contributed by atoms with E-state index in [0.717, 1.165) is 12.8 Å². The van der Waals surface area contributed by atoms with E-state index in [-0.39, 0.29) is 6.42 Å². The first kappa shape index (κ1) is 18.9. The molecule has 1 rings (SSSR count). The second-order valence-corrected chi connectivity index (χ2v) is 7.58. The molecule has 7 nitrogen and oxygen atoms in total. The number of carboxylic acids is 1. The summed E-state index contributed by atoms with van der Waals surface area (Å²) < 4.78 is 32.0. The van der Waals surface area contributed by atoms with E-state index in [1.807, 2.05) is 6.92 Å². The molecule has 0 heterocycles. The number of rotatable bonds is 8. The second-order valence-electron chi connectivity index (χ2n) is 5.65. The number of unbranched alkanes of at least 4 members (excludes halogenated alkanes) is 1. The Morgan fingerprint density at radius 3 is 2.50 bits per heavy atom. The molecule has 0 aliphatic heterocycles. The summed E-state index contributed by atoms with van der Waals surface area (Å²) in [6.07, 6.45) is 3.89. The number of carboxylic acid groups (broad SMARTS) is 1. The minimum atomic E-state index is -3.89. The van der Waals surface area contributed by atoms with Gasteiger partial charge in [-0.15, -0.1) is 0 Å². The number of aliphatic carboxylic acids is 1. The molecule has 0 amide bonds. The molecule has 0 aromatic rings. The smallest absolute Gasteiger partial charge is 0.321 e. The molecule has 22 heavy (non-hydrogen) atoms. The number of carbonyl (C=O) groups excluding carboxylic acids is 1. The van der Waals surface area contributed by atoms with Crippen molar-refractivity contribution >= 4 is 22.0 Å². The zero-order valence-electron chi connectivity index (χ0n) is 13.1. The van der Waals surface area contributed by atoms with E-state index in [1.54, 1.807) is 0 Å². The second kappa shape index (κ2) is 8.47. The summed E-state index contributed by atoms with van der Waals surface area (Å²) in [5.41, 5.74) is 0. The minimum Gasteiger partial charge on any atom is -0.480 e. The fourth-order valence-corrected chi connectivity index (χ4v) is 4.76. The molecule has 2 N–H and O–H groups in total. The fourth-order valence-electron chi connectivity index (χ4n) is 2.82. The minimum absolute atomic E-state index is 0.237. The fraction of sp³-hybridized carbons (Fsp3) is 0.857. The van der Waals surface area contributed by atoms with E-state index in [2.05, 4.69) is 9.46 Å². The van der Waals surface area contributed by atoms with Gasteiger partial charge in [-0.3, -0.25) is 9.59 Å². The molecule has 0 saturated heterocycles. The van der Waals surface area contributed by atoms with Crippen molar-refractivity contribution < 1.29 is 27.9 Å². The third-order valence-corrected chi connectivity index (χ3v) is 6.03. The Morgan fingerprint density at radius 2 is 1.95 bits per heavy atom. The van der Waals surface area contributed by atoms with Crippen LogP contribution >= 0.6 is 0 Å². The molecule has 8 heteroatoms. The summed E-state index contributed by atoms with van der Waals surface area (Å²) in [4.78, 5) is 23.0. The highest BCUT2D eigenvalue weighted by Crippen LogP contribution is 2.30. The van der Waals surface area contributed by atoms with Gasteiger partial charge in [-0.05, 0) is 19.3 Å². The standard InChI is InChI=1S/C14H25NO6S/c1-3-4-8-11(13(16)17)15-22(19,20)12-9-6-5-7-10(12)14(18)21-2/h10-12,15H,3-9H2,1-2H3,(H,16,17). The maximum atomic E-state index is 12.5. The molecule has 0 aromatic heterocycles. The summed E-state index contributed by atoms with van der Waals surface area (Å²) in [6.45, 7) is 1.90. The lowest BCUT2D eigenvalue weighted by Gasteiger charge is -2.30.